The summed E-state index contributed by atoms with van der Waals surface area (Å²) in [5.74, 6) is 0.655. The van der Waals surface area contributed by atoms with Crippen molar-refractivity contribution in [3.8, 4) is 11.5 Å². The van der Waals surface area contributed by atoms with Crippen LogP contribution in [0.25, 0.3) is 17.0 Å². The van der Waals surface area contributed by atoms with Gasteiger partial charge in [-0.25, -0.2) is 9.38 Å². The molecule has 0 aliphatic carbocycles. The van der Waals surface area contributed by atoms with E-state index in [-0.39, 0.29) is 17.3 Å². The molecule has 2 aromatic heterocycles. The van der Waals surface area contributed by atoms with Gasteiger partial charge in [-0.05, 0) is 75.7 Å². The van der Waals surface area contributed by atoms with E-state index in [1.165, 1.54) is 23.5 Å². The number of aromatic nitrogens is 2. The van der Waals surface area contributed by atoms with Crippen molar-refractivity contribution in [2.75, 3.05) is 27.3 Å². The molecular weight excluding hydrogens is 615 g/mol. The van der Waals surface area contributed by atoms with Crippen LogP contribution < -0.4 is 24.4 Å². The zero-order chi connectivity index (χ0) is 33.4. The van der Waals surface area contributed by atoms with Gasteiger partial charge in [0.05, 0.1) is 30.0 Å². The Balaban J connectivity index is 1.58. The zero-order valence-corrected chi connectivity index (χ0v) is 28.2. The molecule has 0 spiro atoms. The first kappa shape index (κ1) is 32.0. The highest BCUT2D eigenvalue weighted by Gasteiger charge is 2.36. The van der Waals surface area contributed by atoms with E-state index in [0.717, 1.165) is 27.7 Å². The number of para-hydroxylation sites is 1. The van der Waals surface area contributed by atoms with E-state index in [0.29, 0.717) is 57.3 Å². The standard InChI is InChI=1S/C37H37FN4O4S/c1-7-40(8-2)36(44)33-22(3)39-37-42(34(33)29-19-26(45-5)17-18-31(29)46-6)35(43)32(47-37)20-28-23(4)41(30-12-10-9-11-27(28)30)21-24-13-15-25(38)16-14-24/h9-20,34H,7-8,21H2,1-6H3/b32-20+/t34-/m0/s1. The van der Waals surface area contributed by atoms with Gasteiger partial charge in [-0.2, -0.15) is 0 Å². The summed E-state index contributed by atoms with van der Waals surface area (Å²) in [6.45, 7) is 9.29. The van der Waals surface area contributed by atoms with Crippen LogP contribution in [0.1, 0.15) is 49.2 Å². The molecule has 0 fully saturated rings. The Labute approximate surface area is 276 Å². The Morgan fingerprint density at radius 3 is 2.43 bits per heavy atom. The van der Waals surface area contributed by atoms with Crippen LogP contribution in [0.5, 0.6) is 11.5 Å². The number of fused-ring (bicyclic) bond motifs is 2. The third-order valence-corrected chi connectivity index (χ3v) is 9.83. The van der Waals surface area contributed by atoms with Crippen LogP contribution in [0.3, 0.4) is 0 Å². The van der Waals surface area contributed by atoms with Gasteiger partial charge < -0.3 is 18.9 Å². The molecule has 0 saturated heterocycles. The minimum Gasteiger partial charge on any atom is -0.497 e. The monoisotopic (exact) mass is 652 g/mol. The molecule has 0 saturated carbocycles. The van der Waals surface area contributed by atoms with Gasteiger partial charge >= 0.3 is 0 Å². The smallest absolute Gasteiger partial charge is 0.271 e. The lowest BCUT2D eigenvalue weighted by Crippen LogP contribution is -2.43. The van der Waals surface area contributed by atoms with Gasteiger partial charge in [-0.3, -0.25) is 14.2 Å². The Morgan fingerprint density at radius 2 is 1.74 bits per heavy atom. The minimum atomic E-state index is -0.785. The number of likely N-dealkylation sites (N-methyl/N-ethyl adjacent to an activating group) is 1. The topological polar surface area (TPSA) is 78.1 Å². The number of ether oxygens (including phenoxy) is 2. The van der Waals surface area contributed by atoms with Crippen molar-refractivity contribution >= 4 is 34.2 Å². The summed E-state index contributed by atoms with van der Waals surface area (Å²) in [5, 5.41) is 0.998. The molecule has 1 aliphatic rings. The lowest BCUT2D eigenvalue weighted by Gasteiger charge is -2.30. The van der Waals surface area contributed by atoms with Gasteiger partial charge in [0, 0.05) is 47.4 Å². The largest absolute Gasteiger partial charge is 0.497 e. The number of halogens is 1. The van der Waals surface area contributed by atoms with Gasteiger partial charge in [0.2, 0.25) is 0 Å². The highest BCUT2D eigenvalue weighted by Crippen LogP contribution is 2.38. The third-order valence-electron chi connectivity index (χ3n) is 8.84. The number of rotatable bonds is 9. The Bertz CT molecular complexity index is 2210. The van der Waals surface area contributed by atoms with Crippen molar-refractivity contribution in [3.05, 3.63) is 126 Å². The van der Waals surface area contributed by atoms with Crippen molar-refractivity contribution in [2.24, 2.45) is 4.99 Å². The number of allylic oxidation sites excluding steroid dienone is 1. The zero-order valence-electron chi connectivity index (χ0n) is 27.3. The van der Waals surface area contributed by atoms with Crippen LogP contribution in [-0.2, 0) is 11.3 Å². The van der Waals surface area contributed by atoms with E-state index in [4.69, 9.17) is 14.5 Å². The second-order valence-corrected chi connectivity index (χ2v) is 12.4. The SMILES string of the molecule is CCN(CC)C(=O)C1=C(C)N=c2s/c(=C/c3c(C)n(Cc4ccc(F)cc4)c4ccccc34)c(=O)n2[C@H]1c1cc(OC)ccc1OC. The summed E-state index contributed by atoms with van der Waals surface area (Å²) >= 11 is 1.29. The molecule has 1 amide bonds. The number of carbonyl (C=O) groups is 1. The summed E-state index contributed by atoms with van der Waals surface area (Å²) in [6, 6.07) is 19.2. The quantitative estimate of drug-likeness (QED) is 0.209. The normalized spacial score (nSPS) is 14.7. The molecule has 0 unspecified atom stereocenters. The molecule has 1 aliphatic heterocycles. The van der Waals surface area contributed by atoms with Crippen molar-refractivity contribution in [1.82, 2.24) is 14.0 Å². The number of nitrogens with zero attached hydrogens (tertiary/aromatic N) is 4. The summed E-state index contributed by atoms with van der Waals surface area (Å²) in [5.41, 5.74) is 5.22. The molecular formula is C37H37FN4O4S. The number of hydrogen-bond donors (Lipinski definition) is 0. The van der Waals surface area contributed by atoms with Crippen LogP contribution in [0, 0.1) is 12.7 Å². The number of hydrogen-bond acceptors (Lipinski definition) is 6. The fourth-order valence-corrected chi connectivity index (χ4v) is 7.40. The van der Waals surface area contributed by atoms with Crippen molar-refractivity contribution < 1.29 is 18.7 Å². The van der Waals surface area contributed by atoms with Gasteiger partial charge in [0.1, 0.15) is 23.4 Å². The Hall–Kier alpha value is -4.96. The summed E-state index contributed by atoms with van der Waals surface area (Å²) in [7, 11) is 3.15. The highest BCUT2D eigenvalue weighted by molar-refractivity contribution is 7.07. The predicted octanol–water partition coefficient (Wildman–Crippen LogP) is 5.57. The molecule has 47 heavy (non-hydrogen) atoms. The maximum atomic E-state index is 14.5. The average Bonchev–Trinajstić information content (AvgIpc) is 3.53. The van der Waals surface area contributed by atoms with Crippen molar-refractivity contribution in [1.29, 1.82) is 0 Å². The second kappa shape index (κ2) is 13.0. The van der Waals surface area contributed by atoms with Gasteiger partial charge in [0.25, 0.3) is 11.5 Å². The lowest BCUT2D eigenvalue weighted by atomic mass is 9.93. The first-order chi connectivity index (χ1) is 22.7. The lowest BCUT2D eigenvalue weighted by molar-refractivity contribution is -0.127. The van der Waals surface area contributed by atoms with E-state index in [2.05, 4.69) is 4.57 Å². The van der Waals surface area contributed by atoms with E-state index in [9.17, 15) is 14.0 Å². The summed E-state index contributed by atoms with van der Waals surface area (Å²) < 4.78 is 29.3. The molecule has 242 valence electrons. The minimum absolute atomic E-state index is 0.180. The first-order valence-electron chi connectivity index (χ1n) is 15.6. The fraction of sp³-hybridized carbons (Fsp3) is 0.270. The van der Waals surface area contributed by atoms with E-state index >= 15 is 0 Å². The van der Waals surface area contributed by atoms with Crippen LogP contribution in [-0.4, -0.2) is 47.3 Å². The van der Waals surface area contributed by atoms with Crippen LogP contribution >= 0.6 is 11.3 Å². The van der Waals surface area contributed by atoms with Crippen LogP contribution in [0.4, 0.5) is 4.39 Å². The number of carbonyl (C=O) groups excluding carboxylic acids is 1. The molecule has 3 heterocycles. The number of methoxy groups -OCH3 is 2. The van der Waals surface area contributed by atoms with Crippen LogP contribution in [0.15, 0.2) is 87.8 Å². The number of amides is 1. The van der Waals surface area contributed by atoms with Crippen LogP contribution in [0.2, 0.25) is 0 Å². The van der Waals surface area contributed by atoms with E-state index < -0.39 is 6.04 Å². The molecule has 3 aromatic carbocycles. The van der Waals surface area contributed by atoms with Gasteiger partial charge in [-0.1, -0.05) is 41.7 Å². The molecule has 10 heteroatoms. The predicted molar refractivity (Wildman–Crippen MR) is 183 cm³/mol. The second-order valence-electron chi connectivity index (χ2n) is 11.4. The van der Waals surface area contributed by atoms with Gasteiger partial charge in [-0.15, -0.1) is 0 Å². The Kier molecular flexibility index (Phi) is 8.88. The first-order valence-corrected chi connectivity index (χ1v) is 16.4. The average molecular weight is 653 g/mol. The Morgan fingerprint density at radius 1 is 1.02 bits per heavy atom. The molecule has 0 N–H and O–H groups in total. The van der Waals surface area contributed by atoms with Crippen molar-refractivity contribution in [2.45, 2.75) is 40.3 Å². The molecule has 6 rings (SSSR count). The fourth-order valence-electron chi connectivity index (χ4n) is 6.37. The third kappa shape index (κ3) is 5.67. The number of benzene rings is 3. The molecule has 0 bridgehead atoms. The van der Waals surface area contributed by atoms with Crippen molar-refractivity contribution in [3.63, 3.8) is 0 Å². The molecule has 1 atom stereocenters. The maximum Gasteiger partial charge on any atom is 0.271 e. The molecule has 0 radical (unpaired) electrons. The number of thiazole rings is 1. The molecule has 8 nitrogen and oxygen atoms in total. The van der Waals surface area contributed by atoms with E-state index in [1.807, 2.05) is 64.1 Å². The highest BCUT2D eigenvalue weighted by atomic mass is 32.1. The molecule has 5 aromatic rings. The van der Waals surface area contributed by atoms with E-state index in [1.54, 1.807) is 48.0 Å². The summed E-state index contributed by atoms with van der Waals surface area (Å²) in [6.07, 6.45) is 1.92. The van der Waals surface area contributed by atoms with Gasteiger partial charge in [0.15, 0.2) is 4.80 Å². The maximum absolute atomic E-state index is 14.5. The summed E-state index contributed by atoms with van der Waals surface area (Å²) in [4.78, 5) is 35.7.